The van der Waals surface area contributed by atoms with E-state index >= 15 is 0 Å². The van der Waals surface area contributed by atoms with Crippen LogP contribution in [0.1, 0.15) is 12.8 Å². The summed E-state index contributed by atoms with van der Waals surface area (Å²) in [6.45, 7) is 0. The maximum absolute atomic E-state index is 6.04. The summed E-state index contributed by atoms with van der Waals surface area (Å²) in [5.74, 6) is 0. The first-order chi connectivity index (χ1) is 18.8. The molecule has 0 fully saturated rings. The SMILES string of the molecule is C1=CC(N(c2ccccc2)c2nnc(SSc3nnc(N(c4ccccc4)c4ccccc4)o3)o2)=CCC1. The Labute approximate surface area is 227 Å². The molecule has 0 bridgehead atoms. The summed E-state index contributed by atoms with van der Waals surface area (Å²) in [5, 5.41) is 17.9. The van der Waals surface area contributed by atoms with Gasteiger partial charge in [0.15, 0.2) is 0 Å². The number of aromatic nitrogens is 4. The van der Waals surface area contributed by atoms with Crippen LogP contribution in [0, 0.1) is 0 Å². The van der Waals surface area contributed by atoms with Gasteiger partial charge < -0.3 is 8.83 Å². The first-order valence-electron chi connectivity index (χ1n) is 12.0. The van der Waals surface area contributed by atoms with Gasteiger partial charge in [-0.25, -0.2) is 0 Å². The van der Waals surface area contributed by atoms with E-state index in [0.717, 1.165) is 35.6 Å². The predicted molar refractivity (Wildman–Crippen MR) is 150 cm³/mol. The first-order valence-corrected chi connectivity index (χ1v) is 14.1. The zero-order chi connectivity index (χ0) is 25.6. The van der Waals surface area contributed by atoms with Crippen LogP contribution in [0.5, 0.6) is 0 Å². The standard InChI is InChI=1S/C28H22N6O2S2/c1-5-13-21(14-6-1)33(22-15-7-2-8-16-22)25-29-31-27(35-25)37-38-28-32-30-26(36-28)34(23-17-9-3-10-18-23)24-19-11-4-12-20-24/h1-3,5-11,13-20H,4,12H2. The highest BCUT2D eigenvalue weighted by Gasteiger charge is 2.22. The number of para-hydroxylation sites is 3. The fourth-order valence-electron chi connectivity index (χ4n) is 3.96. The molecule has 10 heteroatoms. The number of benzene rings is 3. The molecule has 0 aliphatic heterocycles. The summed E-state index contributed by atoms with van der Waals surface area (Å²) in [7, 11) is 2.53. The van der Waals surface area contributed by atoms with Crippen LogP contribution in [0.15, 0.2) is 134 Å². The molecule has 0 saturated carbocycles. The Hall–Kier alpha value is -4.28. The van der Waals surface area contributed by atoms with Crippen LogP contribution >= 0.6 is 21.6 Å². The van der Waals surface area contributed by atoms with Crippen molar-refractivity contribution < 1.29 is 8.83 Å². The van der Waals surface area contributed by atoms with E-state index in [1.54, 1.807) is 0 Å². The van der Waals surface area contributed by atoms with Gasteiger partial charge in [0, 0.05) is 27.3 Å². The average Bonchev–Trinajstić information content (AvgIpc) is 3.65. The van der Waals surface area contributed by atoms with Gasteiger partial charge in [-0.2, -0.15) is 0 Å². The molecule has 8 nitrogen and oxygen atoms in total. The molecule has 0 radical (unpaired) electrons. The molecule has 38 heavy (non-hydrogen) atoms. The molecular formula is C28H22N6O2S2. The van der Waals surface area contributed by atoms with Gasteiger partial charge in [0.25, 0.3) is 10.4 Å². The van der Waals surface area contributed by atoms with E-state index in [1.807, 2.05) is 101 Å². The molecular weight excluding hydrogens is 516 g/mol. The minimum atomic E-state index is 0.364. The molecule has 0 amide bonds. The van der Waals surface area contributed by atoms with Crippen LogP contribution in [-0.4, -0.2) is 20.4 Å². The summed E-state index contributed by atoms with van der Waals surface area (Å²) in [4.78, 5) is 3.87. The van der Waals surface area contributed by atoms with Crippen LogP contribution in [0.3, 0.4) is 0 Å². The van der Waals surface area contributed by atoms with Crippen molar-refractivity contribution in [3.8, 4) is 0 Å². The lowest BCUT2D eigenvalue weighted by Crippen LogP contribution is -2.16. The van der Waals surface area contributed by atoms with E-state index in [9.17, 15) is 0 Å². The van der Waals surface area contributed by atoms with Gasteiger partial charge in [0.1, 0.15) is 0 Å². The van der Waals surface area contributed by atoms with Crippen molar-refractivity contribution >= 4 is 50.7 Å². The van der Waals surface area contributed by atoms with E-state index in [0.29, 0.717) is 22.5 Å². The van der Waals surface area contributed by atoms with Gasteiger partial charge in [0.2, 0.25) is 0 Å². The van der Waals surface area contributed by atoms with Crippen molar-refractivity contribution in [3.05, 3.63) is 115 Å². The van der Waals surface area contributed by atoms with Gasteiger partial charge in [0.05, 0.1) is 17.1 Å². The maximum Gasteiger partial charge on any atom is 0.328 e. The minimum Gasteiger partial charge on any atom is -0.397 e. The smallest absolute Gasteiger partial charge is 0.328 e. The Morgan fingerprint density at radius 3 is 1.50 bits per heavy atom. The Bertz CT molecular complexity index is 1500. The van der Waals surface area contributed by atoms with E-state index in [4.69, 9.17) is 8.83 Å². The molecule has 0 spiro atoms. The number of nitrogens with zero attached hydrogens (tertiary/aromatic N) is 6. The lowest BCUT2D eigenvalue weighted by atomic mass is 10.1. The summed E-state index contributed by atoms with van der Waals surface area (Å²) in [6, 6.07) is 30.5. The number of hydrogen-bond acceptors (Lipinski definition) is 10. The van der Waals surface area contributed by atoms with Gasteiger partial charge >= 0.3 is 12.0 Å². The van der Waals surface area contributed by atoms with E-state index in [1.165, 1.54) is 21.6 Å². The molecule has 2 heterocycles. The lowest BCUT2D eigenvalue weighted by Gasteiger charge is -2.22. The summed E-state index contributed by atoms with van der Waals surface area (Å²) in [5.41, 5.74) is 3.78. The third-order valence-corrected chi connectivity index (χ3v) is 7.44. The second kappa shape index (κ2) is 11.4. The van der Waals surface area contributed by atoms with Gasteiger partial charge in [-0.15, -0.1) is 0 Å². The molecule has 0 atom stereocenters. The van der Waals surface area contributed by atoms with Gasteiger partial charge in [-0.05, 0) is 55.3 Å². The highest BCUT2D eigenvalue weighted by atomic mass is 33.1. The normalized spacial score (nSPS) is 12.8. The van der Waals surface area contributed by atoms with Crippen molar-refractivity contribution in [2.75, 3.05) is 9.80 Å². The molecule has 188 valence electrons. The van der Waals surface area contributed by atoms with E-state index in [-0.39, 0.29) is 0 Å². The maximum atomic E-state index is 6.04. The second-order valence-corrected chi connectivity index (χ2v) is 10.2. The number of hydrogen-bond donors (Lipinski definition) is 0. The summed E-state index contributed by atoms with van der Waals surface area (Å²) >= 11 is 0. The molecule has 0 saturated heterocycles. The van der Waals surface area contributed by atoms with Gasteiger partial charge in [-0.3, -0.25) is 9.80 Å². The zero-order valence-electron chi connectivity index (χ0n) is 20.1. The molecule has 1 aliphatic carbocycles. The third-order valence-electron chi connectivity index (χ3n) is 5.64. The molecule has 0 unspecified atom stereocenters. The summed E-state index contributed by atoms with van der Waals surface area (Å²) < 4.78 is 12.1. The van der Waals surface area contributed by atoms with Crippen molar-refractivity contribution in [3.63, 3.8) is 0 Å². The molecule has 0 N–H and O–H groups in total. The average molecular weight is 539 g/mol. The number of allylic oxidation sites excluding steroid dienone is 3. The fraction of sp³-hybridized carbons (Fsp3) is 0.0714. The molecule has 5 aromatic rings. The number of anilines is 5. The first kappa shape index (κ1) is 24.1. The van der Waals surface area contributed by atoms with Crippen LogP contribution in [0.2, 0.25) is 0 Å². The van der Waals surface area contributed by atoms with Gasteiger partial charge in [-0.1, -0.05) is 87.1 Å². The van der Waals surface area contributed by atoms with Crippen LogP contribution in [-0.2, 0) is 0 Å². The Morgan fingerprint density at radius 2 is 1.03 bits per heavy atom. The molecule has 2 aromatic heterocycles. The predicted octanol–water partition coefficient (Wildman–Crippen LogP) is 8.09. The minimum absolute atomic E-state index is 0.364. The Morgan fingerprint density at radius 1 is 0.553 bits per heavy atom. The van der Waals surface area contributed by atoms with Crippen molar-refractivity contribution in [1.82, 2.24) is 20.4 Å². The van der Waals surface area contributed by atoms with Crippen molar-refractivity contribution in [2.24, 2.45) is 0 Å². The highest BCUT2D eigenvalue weighted by Crippen LogP contribution is 2.41. The van der Waals surface area contributed by atoms with E-state index < -0.39 is 0 Å². The largest absolute Gasteiger partial charge is 0.397 e. The second-order valence-electron chi connectivity index (χ2n) is 8.15. The topological polar surface area (TPSA) is 84.3 Å². The number of rotatable bonds is 9. The zero-order valence-corrected chi connectivity index (χ0v) is 21.8. The van der Waals surface area contributed by atoms with Crippen molar-refractivity contribution in [1.29, 1.82) is 0 Å². The van der Waals surface area contributed by atoms with E-state index in [2.05, 4.69) is 38.6 Å². The van der Waals surface area contributed by atoms with Crippen LogP contribution in [0.4, 0.5) is 29.1 Å². The quantitative estimate of drug-likeness (QED) is 0.172. The summed E-state index contributed by atoms with van der Waals surface area (Å²) in [6.07, 6.45) is 8.38. The molecule has 6 rings (SSSR count). The van der Waals surface area contributed by atoms with Crippen LogP contribution in [0.25, 0.3) is 0 Å². The Kier molecular flexibility index (Phi) is 7.23. The highest BCUT2D eigenvalue weighted by molar-refractivity contribution is 8.76. The van der Waals surface area contributed by atoms with Crippen LogP contribution < -0.4 is 9.80 Å². The fourth-order valence-corrected chi connectivity index (χ4v) is 5.30. The lowest BCUT2D eigenvalue weighted by molar-refractivity contribution is 0.458. The monoisotopic (exact) mass is 538 g/mol. The molecule has 3 aromatic carbocycles. The van der Waals surface area contributed by atoms with Crippen molar-refractivity contribution in [2.45, 2.75) is 23.3 Å². The Balaban J connectivity index is 1.20. The third kappa shape index (κ3) is 5.36. The molecule has 1 aliphatic rings.